The van der Waals surface area contributed by atoms with Gasteiger partial charge in [0.25, 0.3) is 0 Å². The maximum Gasteiger partial charge on any atom is 0.197 e. The number of nitrogens with zero attached hydrogens (tertiary/aromatic N) is 2. The molecule has 0 N–H and O–H groups in total. The summed E-state index contributed by atoms with van der Waals surface area (Å²) < 4.78 is 2.49. The fourth-order valence-corrected chi connectivity index (χ4v) is 2.43. The molecule has 0 aliphatic rings. The quantitative estimate of drug-likeness (QED) is 0.685. The summed E-state index contributed by atoms with van der Waals surface area (Å²) in [6.07, 6.45) is 3.34. The maximum atomic E-state index is 12.4. The molecular formula is C16H11BrN2O. The fraction of sp³-hybridized carbons (Fsp3) is 0. The summed E-state index contributed by atoms with van der Waals surface area (Å²) in [5, 5.41) is 4.24. The van der Waals surface area contributed by atoms with Crippen molar-refractivity contribution in [2.75, 3.05) is 0 Å². The second-order valence-electron chi connectivity index (χ2n) is 4.32. The summed E-state index contributed by atoms with van der Waals surface area (Å²) in [6.45, 7) is 0. The second kappa shape index (κ2) is 5.43. The molecule has 0 atom stereocenters. The number of halogens is 1. The van der Waals surface area contributed by atoms with Gasteiger partial charge in [-0.3, -0.25) is 4.79 Å². The van der Waals surface area contributed by atoms with Gasteiger partial charge in [-0.05, 0) is 24.3 Å². The lowest BCUT2D eigenvalue weighted by molar-refractivity contribution is 0.103. The van der Waals surface area contributed by atoms with E-state index in [0.29, 0.717) is 11.1 Å². The Bertz CT molecular complexity index is 750. The molecule has 98 valence electrons. The van der Waals surface area contributed by atoms with Crippen LogP contribution >= 0.6 is 15.9 Å². The molecule has 3 rings (SSSR count). The van der Waals surface area contributed by atoms with Crippen LogP contribution in [-0.2, 0) is 0 Å². The summed E-state index contributed by atoms with van der Waals surface area (Å²) in [6, 6.07) is 17.1. The largest absolute Gasteiger partial charge is 0.288 e. The van der Waals surface area contributed by atoms with E-state index in [1.54, 1.807) is 23.1 Å². The molecule has 20 heavy (non-hydrogen) atoms. The van der Waals surface area contributed by atoms with Crippen molar-refractivity contribution < 1.29 is 4.79 Å². The lowest BCUT2D eigenvalue weighted by Gasteiger charge is -2.01. The van der Waals surface area contributed by atoms with Crippen LogP contribution in [-0.4, -0.2) is 15.6 Å². The van der Waals surface area contributed by atoms with Crippen molar-refractivity contribution in [2.45, 2.75) is 0 Å². The minimum absolute atomic E-state index is 0.0420. The molecular weight excluding hydrogens is 316 g/mol. The summed E-state index contributed by atoms with van der Waals surface area (Å²) in [5.74, 6) is -0.0420. The molecule has 0 bridgehead atoms. The first-order valence-electron chi connectivity index (χ1n) is 6.15. The van der Waals surface area contributed by atoms with Crippen molar-refractivity contribution in [3.05, 3.63) is 82.6 Å². The standard InChI is InChI=1S/C16H11BrN2O/c17-15-9-5-4-8-14(15)16(20)12-10-18-19(11-12)13-6-2-1-3-7-13/h1-11H. The number of carbonyl (C=O) groups excluding carboxylic acids is 1. The second-order valence-corrected chi connectivity index (χ2v) is 5.17. The van der Waals surface area contributed by atoms with E-state index in [-0.39, 0.29) is 5.78 Å². The van der Waals surface area contributed by atoms with Crippen LogP contribution in [0, 0.1) is 0 Å². The Morgan fingerprint density at radius 1 is 1.00 bits per heavy atom. The van der Waals surface area contributed by atoms with Gasteiger partial charge in [0.1, 0.15) is 0 Å². The van der Waals surface area contributed by atoms with E-state index in [2.05, 4.69) is 21.0 Å². The van der Waals surface area contributed by atoms with Crippen LogP contribution in [0.25, 0.3) is 5.69 Å². The molecule has 0 spiro atoms. The Kier molecular flexibility index (Phi) is 3.48. The fourth-order valence-electron chi connectivity index (χ4n) is 1.96. The van der Waals surface area contributed by atoms with Gasteiger partial charge < -0.3 is 0 Å². The molecule has 0 saturated carbocycles. The van der Waals surface area contributed by atoms with Gasteiger partial charge >= 0.3 is 0 Å². The molecule has 0 aliphatic carbocycles. The van der Waals surface area contributed by atoms with Crippen LogP contribution < -0.4 is 0 Å². The first-order valence-corrected chi connectivity index (χ1v) is 6.94. The number of ketones is 1. The number of rotatable bonds is 3. The van der Waals surface area contributed by atoms with Gasteiger partial charge in [-0.1, -0.05) is 46.3 Å². The molecule has 0 saturated heterocycles. The number of benzene rings is 2. The van der Waals surface area contributed by atoms with E-state index in [4.69, 9.17) is 0 Å². The van der Waals surface area contributed by atoms with Crippen LogP contribution in [0.15, 0.2) is 71.5 Å². The maximum absolute atomic E-state index is 12.4. The SMILES string of the molecule is O=C(c1cnn(-c2ccccc2)c1)c1ccccc1Br. The third-order valence-electron chi connectivity index (χ3n) is 2.98. The highest BCUT2D eigenvalue weighted by Gasteiger charge is 2.14. The number of hydrogen-bond donors (Lipinski definition) is 0. The highest BCUT2D eigenvalue weighted by Crippen LogP contribution is 2.20. The van der Waals surface area contributed by atoms with Crippen LogP contribution in [0.3, 0.4) is 0 Å². The van der Waals surface area contributed by atoms with Crippen molar-refractivity contribution >= 4 is 21.7 Å². The minimum Gasteiger partial charge on any atom is -0.288 e. The molecule has 0 fully saturated rings. The summed E-state index contributed by atoms with van der Waals surface area (Å²) in [4.78, 5) is 12.4. The van der Waals surface area contributed by atoms with E-state index in [1.165, 1.54) is 0 Å². The smallest absolute Gasteiger partial charge is 0.197 e. The molecule has 3 aromatic rings. The molecule has 2 aromatic carbocycles. The summed E-state index contributed by atoms with van der Waals surface area (Å²) in [7, 11) is 0. The van der Waals surface area contributed by atoms with Gasteiger partial charge in [0.05, 0.1) is 17.4 Å². The number of para-hydroxylation sites is 1. The highest BCUT2D eigenvalue weighted by atomic mass is 79.9. The molecule has 1 heterocycles. The zero-order valence-corrected chi connectivity index (χ0v) is 12.1. The van der Waals surface area contributed by atoms with Crippen molar-refractivity contribution in [3.8, 4) is 5.69 Å². The van der Waals surface area contributed by atoms with Gasteiger partial charge in [-0.25, -0.2) is 4.68 Å². The lowest BCUT2D eigenvalue weighted by Crippen LogP contribution is -2.01. The van der Waals surface area contributed by atoms with E-state index in [9.17, 15) is 4.79 Å². The topological polar surface area (TPSA) is 34.9 Å². The van der Waals surface area contributed by atoms with Gasteiger partial charge in [-0.15, -0.1) is 0 Å². The molecule has 4 heteroatoms. The van der Waals surface area contributed by atoms with Gasteiger partial charge in [0.2, 0.25) is 0 Å². The van der Waals surface area contributed by atoms with Crippen molar-refractivity contribution in [3.63, 3.8) is 0 Å². The van der Waals surface area contributed by atoms with Crippen molar-refractivity contribution in [1.82, 2.24) is 9.78 Å². The van der Waals surface area contributed by atoms with Crippen LogP contribution in [0.5, 0.6) is 0 Å². The van der Waals surface area contributed by atoms with Crippen molar-refractivity contribution in [1.29, 1.82) is 0 Å². The van der Waals surface area contributed by atoms with E-state index in [1.807, 2.05) is 48.5 Å². The lowest BCUT2D eigenvalue weighted by atomic mass is 10.1. The third kappa shape index (κ3) is 2.42. The Morgan fingerprint density at radius 2 is 1.70 bits per heavy atom. The zero-order valence-electron chi connectivity index (χ0n) is 10.5. The molecule has 0 aliphatic heterocycles. The Hall–Kier alpha value is -2.20. The average molecular weight is 327 g/mol. The first kappa shape index (κ1) is 12.8. The van der Waals surface area contributed by atoms with Crippen molar-refractivity contribution in [2.24, 2.45) is 0 Å². The van der Waals surface area contributed by atoms with E-state index < -0.39 is 0 Å². The third-order valence-corrected chi connectivity index (χ3v) is 3.68. The predicted molar refractivity (Wildman–Crippen MR) is 81.1 cm³/mol. The number of aromatic nitrogens is 2. The summed E-state index contributed by atoms with van der Waals surface area (Å²) in [5.41, 5.74) is 2.14. The van der Waals surface area contributed by atoms with E-state index in [0.717, 1.165) is 10.2 Å². The van der Waals surface area contributed by atoms with Gasteiger partial charge in [0.15, 0.2) is 5.78 Å². The highest BCUT2D eigenvalue weighted by molar-refractivity contribution is 9.10. The minimum atomic E-state index is -0.0420. The Labute approximate surface area is 125 Å². The number of carbonyl (C=O) groups is 1. The van der Waals surface area contributed by atoms with Crippen LogP contribution in [0.4, 0.5) is 0 Å². The van der Waals surface area contributed by atoms with E-state index >= 15 is 0 Å². The first-order chi connectivity index (χ1) is 9.75. The molecule has 0 unspecified atom stereocenters. The average Bonchev–Trinajstić information content (AvgIpc) is 2.98. The molecule has 3 nitrogen and oxygen atoms in total. The van der Waals surface area contributed by atoms with Gasteiger partial charge in [0, 0.05) is 16.2 Å². The Balaban J connectivity index is 1.95. The van der Waals surface area contributed by atoms with Gasteiger partial charge in [-0.2, -0.15) is 5.10 Å². The Morgan fingerprint density at radius 3 is 2.45 bits per heavy atom. The zero-order chi connectivity index (χ0) is 13.9. The molecule has 0 amide bonds. The number of hydrogen-bond acceptors (Lipinski definition) is 2. The molecule has 1 aromatic heterocycles. The normalized spacial score (nSPS) is 10.4. The monoisotopic (exact) mass is 326 g/mol. The summed E-state index contributed by atoms with van der Waals surface area (Å²) >= 11 is 3.40. The van der Waals surface area contributed by atoms with Crippen LogP contribution in [0.2, 0.25) is 0 Å². The molecule has 0 radical (unpaired) electrons. The predicted octanol–water partition coefficient (Wildman–Crippen LogP) is 3.87. The van der Waals surface area contributed by atoms with Crippen LogP contribution in [0.1, 0.15) is 15.9 Å².